The Balaban J connectivity index is 1.19. The van der Waals surface area contributed by atoms with Crippen LogP contribution in [0.3, 0.4) is 0 Å². The van der Waals surface area contributed by atoms with E-state index in [0.717, 1.165) is 18.9 Å². The number of carbonyl (C=O) groups is 2. The molecule has 1 amide bonds. The fourth-order valence-corrected chi connectivity index (χ4v) is 7.11. The highest BCUT2D eigenvalue weighted by Crippen LogP contribution is 2.43. The predicted octanol–water partition coefficient (Wildman–Crippen LogP) is 6.32. The Hall–Kier alpha value is -4.45. The van der Waals surface area contributed by atoms with Crippen LogP contribution in [0.5, 0.6) is 11.6 Å². The summed E-state index contributed by atoms with van der Waals surface area (Å²) >= 11 is 13.2. The molecule has 0 spiro atoms. The number of halogens is 3. The Bertz CT molecular complexity index is 1840. The molecule has 0 radical (unpaired) electrons. The van der Waals surface area contributed by atoms with Crippen molar-refractivity contribution >= 4 is 40.8 Å². The van der Waals surface area contributed by atoms with Crippen LogP contribution < -0.4 is 14.4 Å². The topological polar surface area (TPSA) is 114 Å². The van der Waals surface area contributed by atoms with Gasteiger partial charge in [0.25, 0.3) is 5.91 Å². The first-order valence-electron chi connectivity index (χ1n) is 14.6. The van der Waals surface area contributed by atoms with E-state index >= 15 is 4.39 Å². The zero-order valence-electron chi connectivity index (χ0n) is 24.5. The minimum atomic E-state index is -1.20. The molecule has 46 heavy (non-hydrogen) atoms. The van der Waals surface area contributed by atoms with Gasteiger partial charge in [0.2, 0.25) is 5.88 Å². The third-order valence-electron chi connectivity index (χ3n) is 8.64. The molecule has 1 aromatic heterocycles. The highest BCUT2D eigenvalue weighted by Gasteiger charge is 2.40. The maximum atomic E-state index is 15.7. The second-order valence-corrected chi connectivity index (χ2v) is 12.1. The van der Waals surface area contributed by atoms with Gasteiger partial charge in [0.1, 0.15) is 11.6 Å². The number of amides is 1. The quantitative estimate of drug-likeness (QED) is 0.253. The first kappa shape index (κ1) is 30.2. The van der Waals surface area contributed by atoms with Gasteiger partial charge in [0.05, 0.1) is 71.5 Å². The normalized spacial score (nSPS) is 18.6. The van der Waals surface area contributed by atoms with Gasteiger partial charge in [-0.1, -0.05) is 41.4 Å². The van der Waals surface area contributed by atoms with E-state index in [2.05, 4.69) is 15.1 Å². The molecule has 3 aliphatic rings. The van der Waals surface area contributed by atoms with Crippen molar-refractivity contribution in [3.05, 3.63) is 87.2 Å². The first-order chi connectivity index (χ1) is 22.2. The van der Waals surface area contributed by atoms with Gasteiger partial charge in [-0.15, -0.1) is 10.2 Å². The van der Waals surface area contributed by atoms with Crippen molar-refractivity contribution in [2.24, 2.45) is 0 Å². The van der Waals surface area contributed by atoms with Crippen molar-refractivity contribution in [3.8, 4) is 34.0 Å². The maximum Gasteiger partial charge on any atom is 0.337 e. The Morgan fingerprint density at radius 3 is 2.39 bits per heavy atom. The van der Waals surface area contributed by atoms with Crippen LogP contribution in [0.4, 0.5) is 10.1 Å². The second kappa shape index (κ2) is 12.1. The number of anilines is 1. The minimum Gasteiger partial charge on any atom is -0.480 e. The van der Waals surface area contributed by atoms with Crippen molar-refractivity contribution in [1.29, 1.82) is 0 Å². The molecule has 2 unspecified atom stereocenters. The van der Waals surface area contributed by atoms with Gasteiger partial charge >= 0.3 is 5.97 Å². The van der Waals surface area contributed by atoms with E-state index in [4.69, 9.17) is 37.4 Å². The fourth-order valence-electron chi connectivity index (χ4n) is 6.46. The number of morpholine rings is 1. The Labute approximate surface area is 273 Å². The van der Waals surface area contributed by atoms with Crippen LogP contribution >= 0.6 is 23.2 Å². The van der Waals surface area contributed by atoms with E-state index in [1.165, 1.54) is 12.0 Å². The molecule has 7 rings (SSSR count). The number of methoxy groups -OCH3 is 1. The molecule has 1 N–H and O–H groups in total. The van der Waals surface area contributed by atoms with Crippen LogP contribution in [0.25, 0.3) is 22.4 Å². The lowest BCUT2D eigenvalue weighted by Gasteiger charge is -2.37. The second-order valence-electron chi connectivity index (χ2n) is 11.3. The summed E-state index contributed by atoms with van der Waals surface area (Å²) < 4.78 is 32.5. The minimum absolute atomic E-state index is 0.0209. The van der Waals surface area contributed by atoms with Crippen LogP contribution in [0.2, 0.25) is 10.0 Å². The molecule has 3 aromatic carbocycles. The monoisotopic (exact) mass is 664 g/mol. The standard InChI is InChI=1S/C33H27Cl2FN4O6/c1-44-29-8-7-27(37-38-29)18-9-24(34)30(25(35)10-18)32(41)39-13-17-3-2-4-21(31(17)46-16-39)22-12-28(23(33(42)43)11-26(22)36)40-19-5-6-20(40)15-45-14-19/h2-4,7-12,19-20H,5-6,13-16H2,1H3,(H,42,43). The molecule has 236 valence electrons. The number of carboxylic acid groups (broad SMARTS) is 1. The van der Waals surface area contributed by atoms with Gasteiger partial charge < -0.3 is 29.1 Å². The first-order valence-corrected chi connectivity index (χ1v) is 15.3. The van der Waals surface area contributed by atoms with Crippen molar-refractivity contribution in [2.45, 2.75) is 31.5 Å². The van der Waals surface area contributed by atoms with Crippen LogP contribution in [0.1, 0.15) is 39.1 Å². The van der Waals surface area contributed by atoms with E-state index < -0.39 is 17.7 Å². The van der Waals surface area contributed by atoms with Crippen LogP contribution in [-0.2, 0) is 11.3 Å². The number of benzene rings is 3. The highest BCUT2D eigenvalue weighted by molar-refractivity contribution is 6.40. The maximum absolute atomic E-state index is 15.7. The summed E-state index contributed by atoms with van der Waals surface area (Å²) in [5.74, 6) is -1.56. The van der Waals surface area contributed by atoms with Crippen molar-refractivity contribution in [1.82, 2.24) is 15.1 Å². The molecule has 13 heteroatoms. The summed E-state index contributed by atoms with van der Waals surface area (Å²) in [6.07, 6.45) is 1.74. The number of carbonyl (C=O) groups excluding carboxylic acids is 1. The van der Waals surface area contributed by atoms with E-state index in [0.29, 0.717) is 52.9 Å². The Kier molecular flexibility index (Phi) is 7.92. The number of aromatic nitrogens is 2. The summed E-state index contributed by atoms with van der Waals surface area (Å²) in [5.41, 5.74) is 2.86. The van der Waals surface area contributed by atoms with Gasteiger partial charge in [-0.2, -0.15) is 0 Å². The van der Waals surface area contributed by atoms with Gasteiger partial charge in [0, 0.05) is 28.3 Å². The van der Waals surface area contributed by atoms with Gasteiger partial charge in [-0.05, 0) is 43.2 Å². The molecule has 10 nitrogen and oxygen atoms in total. The number of aromatic carboxylic acids is 1. The third kappa shape index (κ3) is 5.28. The lowest BCUT2D eigenvalue weighted by atomic mass is 9.96. The van der Waals surface area contributed by atoms with E-state index in [9.17, 15) is 14.7 Å². The lowest BCUT2D eigenvalue weighted by Crippen LogP contribution is -2.46. The van der Waals surface area contributed by atoms with Crippen LogP contribution in [0, 0.1) is 5.82 Å². The van der Waals surface area contributed by atoms with E-state index in [-0.39, 0.29) is 52.1 Å². The molecule has 2 fully saturated rings. The van der Waals surface area contributed by atoms with E-state index in [1.807, 2.05) is 0 Å². The predicted molar refractivity (Wildman–Crippen MR) is 168 cm³/mol. The molecule has 2 atom stereocenters. The molecular formula is C33H27Cl2FN4O6. The number of carboxylic acids is 1. The molecule has 3 aliphatic heterocycles. The average molecular weight is 666 g/mol. The summed E-state index contributed by atoms with van der Waals surface area (Å²) in [4.78, 5) is 29.4. The van der Waals surface area contributed by atoms with Gasteiger partial charge in [0.15, 0.2) is 6.73 Å². The molecule has 2 saturated heterocycles. The van der Waals surface area contributed by atoms with E-state index in [1.54, 1.807) is 48.5 Å². The van der Waals surface area contributed by atoms with Crippen molar-refractivity contribution < 1.29 is 33.3 Å². The van der Waals surface area contributed by atoms with Gasteiger partial charge in [-0.3, -0.25) is 4.79 Å². The largest absolute Gasteiger partial charge is 0.480 e. The number of rotatable bonds is 6. The Morgan fingerprint density at radius 1 is 1.00 bits per heavy atom. The average Bonchev–Trinajstić information content (AvgIpc) is 3.30. The summed E-state index contributed by atoms with van der Waals surface area (Å²) in [5, 5.41) is 18.3. The molecule has 4 aromatic rings. The molecule has 0 aliphatic carbocycles. The zero-order chi connectivity index (χ0) is 32.1. The molecular weight excluding hydrogens is 638 g/mol. The summed E-state index contributed by atoms with van der Waals surface area (Å²) in [7, 11) is 1.49. The van der Waals surface area contributed by atoms with Crippen molar-refractivity contribution in [2.75, 3.05) is 32.0 Å². The summed E-state index contributed by atoms with van der Waals surface area (Å²) in [6, 6.07) is 14.5. The third-order valence-corrected chi connectivity index (χ3v) is 9.23. The molecule has 4 heterocycles. The highest BCUT2D eigenvalue weighted by atomic mass is 35.5. The number of hydrogen-bond donors (Lipinski definition) is 1. The number of fused-ring (bicyclic) bond motifs is 3. The smallest absolute Gasteiger partial charge is 0.337 e. The zero-order valence-corrected chi connectivity index (χ0v) is 26.0. The SMILES string of the molecule is COc1ccc(-c2cc(Cl)c(C(=O)N3COc4c(cccc4-c4cc(N5C6CCC5COC6)c(C(=O)O)cc4F)C3)c(Cl)c2)nn1. The lowest BCUT2D eigenvalue weighted by molar-refractivity contribution is 0.0516. The number of para-hydroxylation sites is 1. The number of hydrogen-bond acceptors (Lipinski definition) is 8. The van der Waals surface area contributed by atoms with Crippen LogP contribution in [0.15, 0.2) is 54.6 Å². The van der Waals surface area contributed by atoms with Gasteiger partial charge in [-0.25, -0.2) is 9.18 Å². The number of ether oxygens (including phenoxy) is 3. The summed E-state index contributed by atoms with van der Waals surface area (Å²) in [6.45, 7) is 0.983. The fraction of sp³-hybridized carbons (Fsp3) is 0.273. The molecule has 2 bridgehead atoms. The number of nitrogens with zero attached hydrogens (tertiary/aromatic N) is 4. The van der Waals surface area contributed by atoms with Crippen molar-refractivity contribution in [3.63, 3.8) is 0 Å². The Morgan fingerprint density at radius 2 is 1.74 bits per heavy atom. The molecule has 0 saturated carbocycles. The van der Waals surface area contributed by atoms with Crippen LogP contribution in [-0.4, -0.2) is 71.2 Å².